The number of hydrogen-bond acceptors (Lipinski definition) is 5. The Bertz CT molecular complexity index is 1120. The minimum absolute atomic E-state index is 0.190. The Balaban J connectivity index is 1.48. The van der Waals surface area contributed by atoms with E-state index in [0.717, 1.165) is 21.1 Å². The number of tetrazole rings is 1. The molecule has 142 valence electrons. The summed E-state index contributed by atoms with van der Waals surface area (Å²) in [6.45, 7) is 1.13. The fourth-order valence-corrected chi connectivity index (χ4v) is 3.41. The molecule has 0 saturated heterocycles. The molecule has 0 spiro atoms. The van der Waals surface area contributed by atoms with Crippen LogP contribution in [0.15, 0.2) is 59.5 Å². The maximum Gasteiger partial charge on any atom is 0.253 e. The largest absolute Gasteiger partial charge is 0.497 e. The average molecular weight is 441 g/mol. The number of halogens is 1. The van der Waals surface area contributed by atoms with Crippen molar-refractivity contribution in [3.63, 3.8) is 0 Å². The third kappa shape index (κ3) is 3.61. The second-order valence-corrected chi connectivity index (χ2v) is 7.02. The van der Waals surface area contributed by atoms with Crippen LogP contribution in [-0.2, 0) is 6.54 Å². The van der Waals surface area contributed by atoms with Crippen LogP contribution in [0, 0.1) is 0 Å². The van der Waals surface area contributed by atoms with Gasteiger partial charge in [0.05, 0.1) is 18.4 Å². The van der Waals surface area contributed by atoms with Crippen molar-refractivity contribution in [2.24, 2.45) is 0 Å². The van der Waals surface area contributed by atoms with E-state index in [4.69, 9.17) is 4.74 Å². The first-order valence-electron chi connectivity index (χ1n) is 8.60. The lowest BCUT2D eigenvalue weighted by molar-refractivity contribution is 0.0952. The standard InChI is InChI=1S/C19H17BrN6O2/c1-28-15-3-5-17-13(10-15)6-8-25(17)9-7-21-19(27)16-11-14(20)2-4-18(16)26-12-22-23-24-26/h2-6,8,10-12H,7,9H2,1H3,(H,21,27). The first kappa shape index (κ1) is 18.2. The summed E-state index contributed by atoms with van der Waals surface area (Å²) in [6.07, 6.45) is 3.46. The van der Waals surface area contributed by atoms with Crippen molar-refractivity contribution in [1.82, 2.24) is 30.1 Å². The normalized spacial score (nSPS) is 10.9. The van der Waals surface area contributed by atoms with Gasteiger partial charge in [-0.25, -0.2) is 0 Å². The van der Waals surface area contributed by atoms with Crippen molar-refractivity contribution >= 4 is 32.7 Å². The molecule has 8 nitrogen and oxygen atoms in total. The first-order chi connectivity index (χ1) is 13.7. The molecule has 0 aliphatic carbocycles. The highest BCUT2D eigenvalue weighted by Crippen LogP contribution is 2.22. The van der Waals surface area contributed by atoms with Gasteiger partial charge in [-0.15, -0.1) is 5.10 Å². The summed E-state index contributed by atoms with van der Waals surface area (Å²) in [5.74, 6) is 0.633. The second kappa shape index (κ2) is 7.81. The number of hydrogen-bond donors (Lipinski definition) is 1. The molecule has 0 radical (unpaired) electrons. The molecule has 2 heterocycles. The summed E-state index contributed by atoms with van der Waals surface area (Å²) < 4.78 is 9.63. The van der Waals surface area contributed by atoms with Crippen LogP contribution >= 0.6 is 15.9 Å². The molecule has 0 atom stereocenters. The quantitative estimate of drug-likeness (QED) is 0.497. The zero-order valence-corrected chi connectivity index (χ0v) is 16.6. The van der Waals surface area contributed by atoms with Gasteiger partial charge in [-0.05, 0) is 52.9 Å². The van der Waals surface area contributed by atoms with E-state index < -0.39 is 0 Å². The maximum atomic E-state index is 12.7. The molecule has 0 aliphatic heterocycles. The van der Waals surface area contributed by atoms with Crippen molar-refractivity contribution in [2.45, 2.75) is 6.54 Å². The number of nitrogens with one attached hydrogen (secondary N) is 1. The van der Waals surface area contributed by atoms with Crippen LogP contribution < -0.4 is 10.1 Å². The van der Waals surface area contributed by atoms with Crippen LogP contribution in [0.1, 0.15) is 10.4 Å². The molecule has 1 N–H and O–H groups in total. The average Bonchev–Trinajstić information content (AvgIpc) is 3.37. The van der Waals surface area contributed by atoms with Crippen molar-refractivity contribution in [2.75, 3.05) is 13.7 Å². The number of methoxy groups -OCH3 is 1. The van der Waals surface area contributed by atoms with E-state index in [9.17, 15) is 4.79 Å². The van der Waals surface area contributed by atoms with Gasteiger partial charge in [0.2, 0.25) is 0 Å². The molecular weight excluding hydrogens is 424 g/mol. The SMILES string of the molecule is COc1ccc2c(ccn2CCNC(=O)c2cc(Br)ccc2-n2cnnn2)c1. The molecular formula is C19H17BrN6O2. The smallest absolute Gasteiger partial charge is 0.253 e. The molecule has 9 heteroatoms. The summed E-state index contributed by atoms with van der Waals surface area (Å²) in [6, 6.07) is 13.4. The van der Waals surface area contributed by atoms with Crippen LogP contribution in [0.25, 0.3) is 16.6 Å². The fraction of sp³-hybridized carbons (Fsp3) is 0.158. The van der Waals surface area contributed by atoms with E-state index in [1.165, 1.54) is 11.0 Å². The van der Waals surface area contributed by atoms with E-state index in [0.29, 0.717) is 24.3 Å². The molecule has 0 unspecified atom stereocenters. The number of aromatic nitrogens is 5. The van der Waals surface area contributed by atoms with Gasteiger partial charge in [0.25, 0.3) is 5.91 Å². The van der Waals surface area contributed by atoms with E-state index in [1.807, 2.05) is 36.5 Å². The van der Waals surface area contributed by atoms with Gasteiger partial charge in [-0.3, -0.25) is 4.79 Å². The van der Waals surface area contributed by atoms with Gasteiger partial charge < -0.3 is 14.6 Å². The number of amides is 1. The summed E-state index contributed by atoms with van der Waals surface area (Å²) >= 11 is 3.41. The number of fused-ring (bicyclic) bond motifs is 1. The molecule has 0 bridgehead atoms. The van der Waals surface area contributed by atoms with Crippen molar-refractivity contribution < 1.29 is 9.53 Å². The highest BCUT2D eigenvalue weighted by molar-refractivity contribution is 9.10. The fourth-order valence-electron chi connectivity index (χ4n) is 3.05. The van der Waals surface area contributed by atoms with Crippen LogP contribution in [0.2, 0.25) is 0 Å². The number of carbonyl (C=O) groups is 1. The van der Waals surface area contributed by atoms with Gasteiger partial charge in [0.15, 0.2) is 0 Å². The van der Waals surface area contributed by atoms with Crippen LogP contribution in [0.3, 0.4) is 0 Å². The molecule has 4 rings (SSSR count). The van der Waals surface area contributed by atoms with E-state index >= 15 is 0 Å². The summed E-state index contributed by atoms with van der Waals surface area (Å²) in [5.41, 5.74) is 2.19. The molecule has 0 fully saturated rings. The second-order valence-electron chi connectivity index (χ2n) is 6.11. The Kier molecular flexibility index (Phi) is 5.07. The molecule has 2 aromatic heterocycles. The molecule has 4 aromatic rings. The lowest BCUT2D eigenvalue weighted by atomic mass is 10.1. The van der Waals surface area contributed by atoms with Gasteiger partial charge in [0.1, 0.15) is 12.1 Å². The number of nitrogens with zero attached hydrogens (tertiary/aromatic N) is 5. The molecule has 1 amide bonds. The Hall–Kier alpha value is -3.20. The number of benzene rings is 2. The Labute approximate surface area is 169 Å². The van der Waals surface area contributed by atoms with E-state index in [-0.39, 0.29) is 5.91 Å². The highest BCUT2D eigenvalue weighted by atomic mass is 79.9. The third-order valence-corrected chi connectivity index (χ3v) is 4.91. The Morgan fingerprint density at radius 1 is 1.21 bits per heavy atom. The third-order valence-electron chi connectivity index (χ3n) is 4.42. The van der Waals surface area contributed by atoms with Gasteiger partial charge >= 0.3 is 0 Å². The zero-order valence-electron chi connectivity index (χ0n) is 15.0. The first-order valence-corrected chi connectivity index (χ1v) is 9.39. The van der Waals surface area contributed by atoms with Gasteiger partial charge in [0, 0.05) is 34.7 Å². The topological polar surface area (TPSA) is 86.9 Å². The Morgan fingerprint density at radius 3 is 2.89 bits per heavy atom. The number of ether oxygens (including phenoxy) is 1. The summed E-state index contributed by atoms with van der Waals surface area (Å²) in [4.78, 5) is 12.7. The molecule has 2 aromatic carbocycles. The lowest BCUT2D eigenvalue weighted by Crippen LogP contribution is -2.28. The lowest BCUT2D eigenvalue weighted by Gasteiger charge is -2.11. The number of carbonyl (C=O) groups excluding carboxylic acids is 1. The highest BCUT2D eigenvalue weighted by Gasteiger charge is 2.14. The van der Waals surface area contributed by atoms with Crippen molar-refractivity contribution in [3.8, 4) is 11.4 Å². The van der Waals surface area contributed by atoms with E-state index in [1.54, 1.807) is 19.2 Å². The van der Waals surface area contributed by atoms with Gasteiger partial charge in [-0.1, -0.05) is 15.9 Å². The van der Waals surface area contributed by atoms with Crippen molar-refractivity contribution in [3.05, 3.63) is 65.0 Å². The molecule has 28 heavy (non-hydrogen) atoms. The van der Waals surface area contributed by atoms with E-state index in [2.05, 4.69) is 41.3 Å². The predicted octanol–water partition coefficient (Wildman–Crippen LogP) is 2.82. The van der Waals surface area contributed by atoms with Crippen LogP contribution in [0.4, 0.5) is 0 Å². The Morgan fingerprint density at radius 2 is 2.11 bits per heavy atom. The summed E-state index contributed by atoms with van der Waals surface area (Å²) in [5, 5.41) is 15.2. The van der Waals surface area contributed by atoms with Crippen LogP contribution in [0.5, 0.6) is 5.75 Å². The molecule has 0 saturated carbocycles. The van der Waals surface area contributed by atoms with Crippen molar-refractivity contribution in [1.29, 1.82) is 0 Å². The number of rotatable bonds is 6. The van der Waals surface area contributed by atoms with Crippen LogP contribution in [-0.4, -0.2) is 44.3 Å². The molecule has 0 aliphatic rings. The minimum atomic E-state index is -0.190. The van der Waals surface area contributed by atoms with Gasteiger partial charge in [-0.2, -0.15) is 4.68 Å². The summed E-state index contributed by atoms with van der Waals surface area (Å²) in [7, 11) is 1.65. The predicted molar refractivity (Wildman–Crippen MR) is 108 cm³/mol. The monoisotopic (exact) mass is 440 g/mol. The maximum absolute atomic E-state index is 12.7. The zero-order chi connectivity index (χ0) is 19.5. The minimum Gasteiger partial charge on any atom is -0.497 e.